The van der Waals surface area contributed by atoms with Gasteiger partial charge < -0.3 is 4.90 Å². The third-order valence-corrected chi connectivity index (χ3v) is 8.20. The highest BCUT2D eigenvalue weighted by molar-refractivity contribution is 6.07. The van der Waals surface area contributed by atoms with Gasteiger partial charge in [0.25, 0.3) is 5.91 Å². The molecule has 2 aliphatic heterocycles. The number of piperidine rings is 1. The Morgan fingerprint density at radius 2 is 1.83 bits per heavy atom. The van der Waals surface area contributed by atoms with Gasteiger partial charge in [-0.15, -0.1) is 0 Å². The molecule has 1 aromatic carbocycles. The van der Waals surface area contributed by atoms with Crippen LogP contribution >= 0.6 is 0 Å². The Kier molecular flexibility index (Phi) is 6.92. The van der Waals surface area contributed by atoms with Crippen molar-refractivity contribution in [3.05, 3.63) is 65.5 Å². The summed E-state index contributed by atoms with van der Waals surface area (Å²) in [6.45, 7) is 7.14. The average Bonchev–Trinajstić information content (AvgIpc) is 3.06. The summed E-state index contributed by atoms with van der Waals surface area (Å²) in [5.41, 5.74) is 3.43. The SMILES string of the molecule is CC(C)CN1C(=O)N(CCCc2cccnc2)C(=O)C12CCN(C1CCc3ccccc3C1)CC2. The van der Waals surface area contributed by atoms with Crippen molar-refractivity contribution in [2.24, 2.45) is 5.92 Å². The number of nitrogens with zero attached hydrogens (tertiary/aromatic N) is 4. The Morgan fingerprint density at radius 3 is 2.54 bits per heavy atom. The fourth-order valence-corrected chi connectivity index (χ4v) is 6.32. The molecule has 1 aromatic heterocycles. The molecule has 3 heterocycles. The lowest BCUT2D eigenvalue weighted by molar-refractivity contribution is -0.136. The van der Waals surface area contributed by atoms with Gasteiger partial charge >= 0.3 is 6.03 Å². The van der Waals surface area contributed by atoms with Gasteiger partial charge in [0, 0.05) is 44.6 Å². The lowest BCUT2D eigenvalue weighted by Crippen LogP contribution is -2.59. The molecule has 0 N–H and O–H groups in total. The first-order valence-electron chi connectivity index (χ1n) is 13.3. The maximum absolute atomic E-state index is 13.8. The predicted octanol–water partition coefficient (Wildman–Crippen LogP) is 4.33. The Bertz CT molecular complexity index is 1050. The Labute approximate surface area is 209 Å². The molecule has 6 heteroatoms. The number of aryl methyl sites for hydroxylation is 2. The van der Waals surface area contributed by atoms with E-state index in [1.54, 1.807) is 11.1 Å². The third kappa shape index (κ3) is 4.73. The first-order chi connectivity index (χ1) is 17.0. The first kappa shape index (κ1) is 24.0. The molecule has 0 saturated carbocycles. The van der Waals surface area contributed by atoms with Crippen molar-refractivity contribution in [3.63, 3.8) is 0 Å². The summed E-state index contributed by atoms with van der Waals surface area (Å²) in [7, 11) is 0. The number of rotatable bonds is 7. The topological polar surface area (TPSA) is 56.8 Å². The summed E-state index contributed by atoms with van der Waals surface area (Å²) >= 11 is 0. The molecule has 5 rings (SSSR count). The number of likely N-dealkylation sites (tertiary alicyclic amines) is 1. The van der Waals surface area contributed by atoms with Gasteiger partial charge in [-0.3, -0.25) is 19.6 Å². The van der Waals surface area contributed by atoms with Crippen molar-refractivity contribution in [2.45, 2.75) is 70.4 Å². The minimum Gasteiger partial charge on any atom is -0.309 e. The molecule has 3 aliphatic rings. The van der Waals surface area contributed by atoms with E-state index in [4.69, 9.17) is 0 Å². The van der Waals surface area contributed by atoms with Crippen LogP contribution in [0.5, 0.6) is 0 Å². The minimum absolute atomic E-state index is 0.0305. The molecule has 1 unspecified atom stereocenters. The maximum atomic E-state index is 13.8. The molecule has 186 valence electrons. The highest BCUT2D eigenvalue weighted by Crippen LogP contribution is 2.39. The summed E-state index contributed by atoms with van der Waals surface area (Å²) < 4.78 is 0. The highest BCUT2D eigenvalue weighted by Gasteiger charge is 2.57. The van der Waals surface area contributed by atoms with Gasteiger partial charge in [-0.1, -0.05) is 44.2 Å². The lowest BCUT2D eigenvalue weighted by Gasteiger charge is -2.46. The van der Waals surface area contributed by atoms with Gasteiger partial charge in [0.2, 0.25) is 0 Å². The maximum Gasteiger partial charge on any atom is 0.327 e. The molecule has 6 nitrogen and oxygen atoms in total. The second kappa shape index (κ2) is 10.1. The number of carbonyl (C=O) groups excluding carboxylic acids is 2. The van der Waals surface area contributed by atoms with E-state index in [0.29, 0.717) is 25.0 Å². The molecule has 1 atom stereocenters. The van der Waals surface area contributed by atoms with Crippen LogP contribution in [0.4, 0.5) is 4.79 Å². The van der Waals surface area contributed by atoms with E-state index in [1.807, 2.05) is 23.2 Å². The minimum atomic E-state index is -0.668. The van der Waals surface area contributed by atoms with Gasteiger partial charge in [0.15, 0.2) is 0 Å². The molecule has 0 bridgehead atoms. The van der Waals surface area contributed by atoms with E-state index in [9.17, 15) is 9.59 Å². The number of fused-ring (bicyclic) bond motifs is 1. The van der Waals surface area contributed by atoms with Crippen LogP contribution in [0.25, 0.3) is 0 Å². The van der Waals surface area contributed by atoms with Crippen LogP contribution < -0.4 is 0 Å². The Hall–Kier alpha value is -2.73. The number of imide groups is 1. The molecule has 35 heavy (non-hydrogen) atoms. The van der Waals surface area contributed by atoms with Gasteiger partial charge in [-0.25, -0.2) is 4.79 Å². The van der Waals surface area contributed by atoms with Crippen LogP contribution in [0.3, 0.4) is 0 Å². The van der Waals surface area contributed by atoms with Crippen molar-refractivity contribution in [1.29, 1.82) is 0 Å². The monoisotopic (exact) mass is 474 g/mol. The van der Waals surface area contributed by atoms with Gasteiger partial charge in [0.05, 0.1) is 0 Å². The van der Waals surface area contributed by atoms with E-state index < -0.39 is 5.54 Å². The first-order valence-corrected chi connectivity index (χ1v) is 13.3. The Morgan fingerprint density at radius 1 is 1.06 bits per heavy atom. The predicted molar refractivity (Wildman–Crippen MR) is 137 cm³/mol. The standard InChI is InChI=1S/C29H38N4O2/c1-22(2)21-33-28(35)32(16-6-8-23-7-5-15-30-20-23)27(34)29(33)13-17-31(18-14-29)26-12-11-24-9-3-4-10-25(24)19-26/h3-5,7,9-10,15,20,22,26H,6,8,11-14,16-19,21H2,1-2H3. The van der Waals surface area contributed by atoms with Crippen molar-refractivity contribution in [2.75, 3.05) is 26.2 Å². The van der Waals surface area contributed by atoms with Crippen LogP contribution in [-0.2, 0) is 24.1 Å². The zero-order valence-corrected chi connectivity index (χ0v) is 21.2. The van der Waals surface area contributed by atoms with Crippen molar-refractivity contribution >= 4 is 11.9 Å². The number of aromatic nitrogens is 1. The van der Waals surface area contributed by atoms with Crippen LogP contribution in [-0.4, -0.2) is 69.4 Å². The van der Waals surface area contributed by atoms with Crippen molar-refractivity contribution in [3.8, 4) is 0 Å². The zero-order chi connectivity index (χ0) is 24.4. The number of amides is 3. The fraction of sp³-hybridized carbons (Fsp3) is 0.552. The quantitative estimate of drug-likeness (QED) is 0.561. The van der Waals surface area contributed by atoms with Crippen molar-refractivity contribution < 1.29 is 9.59 Å². The van der Waals surface area contributed by atoms with Gasteiger partial charge in [-0.05, 0) is 73.6 Å². The second-order valence-corrected chi connectivity index (χ2v) is 10.9. The summed E-state index contributed by atoms with van der Waals surface area (Å²) in [5, 5.41) is 0. The number of hydrogen-bond donors (Lipinski definition) is 0. The zero-order valence-electron chi connectivity index (χ0n) is 21.2. The summed E-state index contributed by atoms with van der Waals surface area (Å²) in [4.78, 5) is 37.5. The molecule has 1 aliphatic carbocycles. The second-order valence-electron chi connectivity index (χ2n) is 10.9. The number of pyridine rings is 1. The van der Waals surface area contributed by atoms with Crippen LogP contribution in [0.15, 0.2) is 48.8 Å². The summed E-state index contributed by atoms with van der Waals surface area (Å²) in [6, 6.07) is 13.2. The average molecular weight is 475 g/mol. The number of benzene rings is 1. The molecule has 2 saturated heterocycles. The van der Waals surface area contributed by atoms with Gasteiger partial charge in [0.1, 0.15) is 5.54 Å². The van der Waals surface area contributed by atoms with Crippen LogP contribution in [0, 0.1) is 5.92 Å². The normalized spacial score (nSPS) is 22.3. The van der Waals surface area contributed by atoms with E-state index in [-0.39, 0.29) is 11.9 Å². The molecule has 0 radical (unpaired) electrons. The molecular formula is C29H38N4O2. The fourth-order valence-electron chi connectivity index (χ4n) is 6.32. The molecule has 2 aromatic rings. The highest BCUT2D eigenvalue weighted by atomic mass is 16.2. The molecular weight excluding hydrogens is 436 g/mol. The van der Waals surface area contributed by atoms with Gasteiger partial charge in [-0.2, -0.15) is 0 Å². The lowest BCUT2D eigenvalue weighted by atomic mass is 9.82. The van der Waals surface area contributed by atoms with Crippen molar-refractivity contribution in [1.82, 2.24) is 19.7 Å². The largest absolute Gasteiger partial charge is 0.327 e. The number of urea groups is 1. The smallest absolute Gasteiger partial charge is 0.309 e. The summed E-state index contributed by atoms with van der Waals surface area (Å²) in [6.07, 6.45) is 10.1. The molecule has 1 spiro atoms. The van der Waals surface area contributed by atoms with Crippen LogP contribution in [0.1, 0.15) is 56.2 Å². The van der Waals surface area contributed by atoms with E-state index in [2.05, 4.69) is 48.0 Å². The Balaban J connectivity index is 1.26. The summed E-state index contributed by atoms with van der Waals surface area (Å²) in [5.74, 6) is 0.356. The molecule has 2 fully saturated rings. The third-order valence-electron chi connectivity index (χ3n) is 8.20. The number of hydrogen-bond acceptors (Lipinski definition) is 4. The van der Waals surface area contributed by atoms with E-state index in [0.717, 1.165) is 57.2 Å². The number of carbonyl (C=O) groups is 2. The molecule has 3 amide bonds. The van der Waals surface area contributed by atoms with E-state index in [1.165, 1.54) is 17.5 Å². The van der Waals surface area contributed by atoms with E-state index >= 15 is 0 Å². The van der Waals surface area contributed by atoms with Crippen LogP contribution in [0.2, 0.25) is 0 Å².